The number of carbonyl (C=O) groups is 1. The highest BCUT2D eigenvalue weighted by Gasteiger charge is 2.23. The Morgan fingerprint density at radius 3 is 2.84 bits per heavy atom. The summed E-state index contributed by atoms with van der Waals surface area (Å²) in [6.07, 6.45) is 5.82. The van der Waals surface area contributed by atoms with Crippen molar-refractivity contribution in [3.63, 3.8) is 0 Å². The van der Waals surface area contributed by atoms with Gasteiger partial charge >= 0.3 is 5.97 Å². The van der Waals surface area contributed by atoms with Crippen molar-refractivity contribution in [1.82, 2.24) is 30.1 Å². The highest BCUT2D eigenvalue weighted by atomic mass is 16.4. The molecule has 1 fully saturated rings. The Balaban J connectivity index is 1.42. The Labute approximate surface area is 144 Å². The number of nitrogens with zero attached hydrogens (tertiary/aromatic N) is 5. The lowest BCUT2D eigenvalue weighted by Crippen LogP contribution is -2.35. The molecule has 0 amide bonds. The van der Waals surface area contributed by atoms with Crippen LogP contribution in [-0.4, -0.2) is 60.8 Å². The summed E-state index contributed by atoms with van der Waals surface area (Å²) in [5, 5.41) is 21.4. The minimum atomic E-state index is -0.883. The van der Waals surface area contributed by atoms with Gasteiger partial charge in [-0.25, -0.2) is 9.48 Å². The summed E-state index contributed by atoms with van der Waals surface area (Å²) in [4.78, 5) is 16.9. The van der Waals surface area contributed by atoms with Crippen LogP contribution in [0.4, 0.5) is 0 Å². The summed E-state index contributed by atoms with van der Waals surface area (Å²) in [6, 6.07) is 5.28. The van der Waals surface area contributed by atoms with E-state index in [4.69, 9.17) is 0 Å². The van der Waals surface area contributed by atoms with Gasteiger partial charge < -0.3 is 15.0 Å². The minimum absolute atomic E-state index is 0.340. The minimum Gasteiger partial charge on any atom is -0.478 e. The van der Waals surface area contributed by atoms with E-state index in [1.54, 1.807) is 23.1 Å². The van der Waals surface area contributed by atoms with E-state index in [2.05, 4.69) is 25.4 Å². The lowest BCUT2D eigenvalue weighted by molar-refractivity contribution is 0.0697. The van der Waals surface area contributed by atoms with Crippen molar-refractivity contribution in [2.75, 3.05) is 19.6 Å². The van der Waals surface area contributed by atoms with E-state index in [0.717, 1.165) is 49.9 Å². The number of benzene rings is 1. The molecule has 0 unspecified atom stereocenters. The van der Waals surface area contributed by atoms with Gasteiger partial charge in [-0.2, -0.15) is 0 Å². The van der Waals surface area contributed by atoms with Gasteiger partial charge in [-0.1, -0.05) is 0 Å². The second-order valence-electron chi connectivity index (χ2n) is 6.50. The number of hydrogen-bond acceptors (Lipinski definition) is 5. The number of likely N-dealkylation sites (tertiary alicyclic amines) is 1. The number of H-pyrrole nitrogens is 1. The summed E-state index contributed by atoms with van der Waals surface area (Å²) >= 11 is 0. The third-order valence-corrected chi connectivity index (χ3v) is 5.02. The first-order chi connectivity index (χ1) is 12.2. The number of fused-ring (bicyclic) bond motifs is 1. The Kier molecular flexibility index (Phi) is 4.19. The lowest BCUT2D eigenvalue weighted by Gasteiger charge is -2.31. The third-order valence-electron chi connectivity index (χ3n) is 5.02. The topological polar surface area (TPSA) is 99.9 Å². The van der Waals surface area contributed by atoms with Crippen LogP contribution in [0, 0.1) is 0 Å². The molecule has 0 saturated carbocycles. The van der Waals surface area contributed by atoms with Crippen LogP contribution in [-0.2, 0) is 6.54 Å². The Bertz CT molecular complexity index is 865. The first-order valence-corrected chi connectivity index (χ1v) is 8.48. The Morgan fingerprint density at radius 2 is 2.12 bits per heavy atom. The van der Waals surface area contributed by atoms with Crippen molar-refractivity contribution in [3.05, 3.63) is 41.9 Å². The number of tetrazole rings is 1. The van der Waals surface area contributed by atoms with Gasteiger partial charge in [0.05, 0.1) is 12.1 Å². The lowest BCUT2D eigenvalue weighted by atomic mass is 9.89. The fourth-order valence-corrected chi connectivity index (χ4v) is 3.61. The van der Waals surface area contributed by atoms with E-state index >= 15 is 0 Å². The molecule has 8 nitrogen and oxygen atoms in total. The number of aromatic carboxylic acids is 1. The van der Waals surface area contributed by atoms with Gasteiger partial charge in [0, 0.05) is 23.6 Å². The summed E-state index contributed by atoms with van der Waals surface area (Å²) in [5.74, 6) is -0.423. The standard InChI is InChI=1S/C17H20N6O2/c24-17(25)13-1-2-16-14(9-13)15(10-18-16)12-3-5-22(6-4-12)7-8-23-11-19-20-21-23/h1-2,9-12,18H,3-8H2,(H,24,25). The number of piperidine rings is 1. The quantitative estimate of drug-likeness (QED) is 0.734. The first-order valence-electron chi connectivity index (χ1n) is 8.48. The monoisotopic (exact) mass is 340 g/mol. The number of carboxylic acids is 1. The van der Waals surface area contributed by atoms with E-state index < -0.39 is 5.97 Å². The molecule has 130 valence electrons. The van der Waals surface area contributed by atoms with Gasteiger partial charge in [0.15, 0.2) is 0 Å². The van der Waals surface area contributed by atoms with Crippen LogP contribution in [0.3, 0.4) is 0 Å². The molecule has 4 rings (SSSR count). The molecule has 3 aromatic rings. The fourth-order valence-electron chi connectivity index (χ4n) is 3.61. The predicted octanol–water partition coefficient (Wildman–Crippen LogP) is 1.73. The highest BCUT2D eigenvalue weighted by molar-refractivity contribution is 5.94. The Morgan fingerprint density at radius 1 is 1.28 bits per heavy atom. The summed E-state index contributed by atoms with van der Waals surface area (Å²) in [5.41, 5.74) is 2.58. The zero-order chi connectivity index (χ0) is 17.2. The second kappa shape index (κ2) is 6.64. The maximum absolute atomic E-state index is 11.2. The van der Waals surface area contributed by atoms with Gasteiger partial charge in [0.2, 0.25) is 0 Å². The number of carboxylic acid groups (broad SMARTS) is 1. The van der Waals surface area contributed by atoms with Gasteiger partial charge in [-0.05, 0) is 66.0 Å². The molecule has 1 saturated heterocycles. The molecule has 1 aliphatic heterocycles. The van der Waals surface area contributed by atoms with Crippen molar-refractivity contribution in [2.24, 2.45) is 0 Å². The highest BCUT2D eigenvalue weighted by Crippen LogP contribution is 2.33. The van der Waals surface area contributed by atoms with E-state index in [1.807, 2.05) is 12.3 Å². The molecule has 0 radical (unpaired) electrons. The molecule has 2 aromatic heterocycles. The predicted molar refractivity (Wildman–Crippen MR) is 91.5 cm³/mol. The zero-order valence-electron chi connectivity index (χ0n) is 13.8. The van der Waals surface area contributed by atoms with Gasteiger partial charge in [-0.15, -0.1) is 5.10 Å². The molecule has 0 atom stereocenters. The number of rotatable bonds is 5. The fraction of sp³-hybridized carbons (Fsp3) is 0.412. The van der Waals surface area contributed by atoms with Crippen molar-refractivity contribution in [3.8, 4) is 0 Å². The van der Waals surface area contributed by atoms with Gasteiger partial charge in [0.25, 0.3) is 0 Å². The Hall–Kier alpha value is -2.74. The molecule has 0 aliphatic carbocycles. The number of hydrogen-bond donors (Lipinski definition) is 2. The average Bonchev–Trinajstić information content (AvgIpc) is 3.29. The molecule has 2 N–H and O–H groups in total. The number of nitrogens with one attached hydrogen (secondary N) is 1. The van der Waals surface area contributed by atoms with Crippen molar-refractivity contribution in [1.29, 1.82) is 0 Å². The molecule has 25 heavy (non-hydrogen) atoms. The van der Waals surface area contributed by atoms with Crippen molar-refractivity contribution < 1.29 is 9.90 Å². The van der Waals surface area contributed by atoms with Gasteiger partial charge in [0.1, 0.15) is 6.33 Å². The second-order valence-corrected chi connectivity index (χ2v) is 6.50. The van der Waals surface area contributed by atoms with Crippen LogP contribution in [0.5, 0.6) is 0 Å². The largest absolute Gasteiger partial charge is 0.478 e. The van der Waals surface area contributed by atoms with E-state index in [0.29, 0.717) is 11.5 Å². The molecule has 1 aromatic carbocycles. The third kappa shape index (κ3) is 3.25. The van der Waals surface area contributed by atoms with Gasteiger partial charge in [-0.3, -0.25) is 0 Å². The van der Waals surface area contributed by atoms with E-state index in [-0.39, 0.29) is 0 Å². The molecule has 0 spiro atoms. The number of aromatic amines is 1. The average molecular weight is 340 g/mol. The van der Waals surface area contributed by atoms with Crippen molar-refractivity contribution >= 4 is 16.9 Å². The van der Waals surface area contributed by atoms with Crippen LogP contribution in [0.2, 0.25) is 0 Å². The maximum Gasteiger partial charge on any atom is 0.335 e. The SMILES string of the molecule is O=C(O)c1ccc2[nH]cc(C3CCN(CCn4cnnn4)CC3)c2c1. The molecule has 3 heterocycles. The summed E-state index contributed by atoms with van der Waals surface area (Å²) in [7, 11) is 0. The first kappa shape index (κ1) is 15.8. The van der Waals surface area contributed by atoms with Crippen LogP contribution in [0.15, 0.2) is 30.7 Å². The molecular weight excluding hydrogens is 320 g/mol. The summed E-state index contributed by atoms with van der Waals surface area (Å²) in [6.45, 7) is 3.79. The summed E-state index contributed by atoms with van der Waals surface area (Å²) < 4.78 is 1.75. The van der Waals surface area contributed by atoms with Crippen molar-refractivity contribution in [2.45, 2.75) is 25.3 Å². The van der Waals surface area contributed by atoms with Crippen LogP contribution < -0.4 is 0 Å². The molecule has 1 aliphatic rings. The maximum atomic E-state index is 11.2. The molecule has 8 heteroatoms. The zero-order valence-corrected chi connectivity index (χ0v) is 13.8. The number of aromatic nitrogens is 5. The smallest absolute Gasteiger partial charge is 0.335 e. The van der Waals surface area contributed by atoms with Crippen LogP contribution >= 0.6 is 0 Å². The van der Waals surface area contributed by atoms with E-state index in [9.17, 15) is 9.90 Å². The molecule has 0 bridgehead atoms. The van der Waals surface area contributed by atoms with Crippen LogP contribution in [0.25, 0.3) is 10.9 Å². The molecular formula is C17H20N6O2. The normalized spacial score (nSPS) is 16.5. The van der Waals surface area contributed by atoms with E-state index in [1.165, 1.54) is 5.56 Å². The van der Waals surface area contributed by atoms with Crippen LogP contribution in [0.1, 0.15) is 34.7 Å².